The van der Waals surface area contributed by atoms with E-state index in [9.17, 15) is 28.8 Å². The number of carbonyl (C=O) groups excluding carboxylic acids is 6. The van der Waals surface area contributed by atoms with Crippen molar-refractivity contribution >= 4 is 34.9 Å². The van der Waals surface area contributed by atoms with Crippen LogP contribution in [-0.2, 0) is 39.9 Å². The molecule has 0 spiro atoms. The van der Waals surface area contributed by atoms with Gasteiger partial charge in [-0.3, -0.25) is 28.8 Å². The van der Waals surface area contributed by atoms with Crippen molar-refractivity contribution < 1.29 is 33.5 Å². The van der Waals surface area contributed by atoms with Gasteiger partial charge in [-0.1, -0.05) is 44.2 Å². The molecule has 0 fully saturated rings. The van der Waals surface area contributed by atoms with Crippen molar-refractivity contribution in [2.24, 2.45) is 11.8 Å². The molecule has 2 unspecified atom stereocenters. The number of ether oxygens (including phenoxy) is 1. The molecule has 0 heterocycles. The fourth-order valence-electron chi connectivity index (χ4n) is 3.54. The lowest BCUT2D eigenvalue weighted by atomic mass is 9.89. The van der Waals surface area contributed by atoms with Gasteiger partial charge in [0.15, 0.2) is 17.3 Å². The molecular weight excluding hydrogens is 464 g/mol. The molecule has 1 aromatic carbocycles. The topological polar surface area (TPSA) is 136 Å². The van der Waals surface area contributed by atoms with Gasteiger partial charge in [0.1, 0.15) is 19.0 Å². The summed E-state index contributed by atoms with van der Waals surface area (Å²) < 4.78 is 4.97. The molecule has 2 atom stereocenters. The highest BCUT2D eigenvalue weighted by Crippen LogP contribution is 2.17. The fourth-order valence-corrected chi connectivity index (χ4v) is 3.54. The normalized spacial score (nSPS) is 12.5. The van der Waals surface area contributed by atoms with Crippen LogP contribution < -0.4 is 10.6 Å². The lowest BCUT2D eigenvalue weighted by molar-refractivity contribution is -0.133. The molecule has 0 bridgehead atoms. The maximum atomic E-state index is 13.2. The van der Waals surface area contributed by atoms with Gasteiger partial charge in [-0.25, -0.2) is 0 Å². The van der Waals surface area contributed by atoms with Gasteiger partial charge in [0, 0.05) is 25.2 Å². The van der Waals surface area contributed by atoms with E-state index in [1.54, 1.807) is 0 Å². The third-order valence-electron chi connectivity index (χ3n) is 5.29. The third kappa shape index (κ3) is 13.6. The standard InChI is InChI=1S/C27H38N2O7/c1-18(2)12-24(29-26(34)11-10-23(32)17-36-16-20(4)31)25(33)14-22(27(35)28-15-19(3)30)13-21-8-6-5-7-9-21/h5-9,18,22,24H,10-17H2,1-4H3,(H,28,35)(H,29,34). The molecule has 1 aromatic rings. The van der Waals surface area contributed by atoms with Crippen LogP contribution in [0.2, 0.25) is 0 Å². The van der Waals surface area contributed by atoms with Crippen LogP contribution in [0.25, 0.3) is 0 Å². The highest BCUT2D eigenvalue weighted by Gasteiger charge is 2.28. The molecule has 0 aliphatic heterocycles. The highest BCUT2D eigenvalue weighted by molar-refractivity contribution is 5.94. The SMILES string of the molecule is CC(=O)CNC(=O)C(CC(=O)C(CC(C)C)NC(=O)CCC(=O)COCC(C)=O)Cc1ccccc1. The lowest BCUT2D eigenvalue weighted by Gasteiger charge is -2.23. The Morgan fingerprint density at radius 2 is 1.56 bits per heavy atom. The Morgan fingerprint density at radius 3 is 2.14 bits per heavy atom. The van der Waals surface area contributed by atoms with Crippen molar-refractivity contribution in [2.75, 3.05) is 19.8 Å². The minimum atomic E-state index is -0.805. The lowest BCUT2D eigenvalue weighted by Crippen LogP contribution is -2.44. The van der Waals surface area contributed by atoms with E-state index in [0.29, 0.717) is 12.8 Å². The predicted octanol–water partition coefficient (Wildman–Crippen LogP) is 2.00. The average molecular weight is 503 g/mol. The van der Waals surface area contributed by atoms with E-state index in [1.807, 2.05) is 44.2 Å². The number of hydrogen-bond acceptors (Lipinski definition) is 7. The summed E-state index contributed by atoms with van der Waals surface area (Å²) in [6.45, 7) is 6.03. The summed E-state index contributed by atoms with van der Waals surface area (Å²) in [6.07, 6.45) is 0.405. The molecule has 0 aromatic heterocycles. The molecule has 0 aliphatic rings. The maximum Gasteiger partial charge on any atom is 0.224 e. The van der Waals surface area contributed by atoms with Gasteiger partial charge in [0.25, 0.3) is 0 Å². The number of rotatable bonds is 18. The number of benzene rings is 1. The van der Waals surface area contributed by atoms with E-state index >= 15 is 0 Å². The number of nitrogens with one attached hydrogen (secondary N) is 2. The van der Waals surface area contributed by atoms with Gasteiger partial charge in [0.05, 0.1) is 12.6 Å². The van der Waals surface area contributed by atoms with E-state index in [2.05, 4.69) is 10.6 Å². The second-order valence-electron chi connectivity index (χ2n) is 9.46. The molecule has 0 aliphatic carbocycles. The molecule has 36 heavy (non-hydrogen) atoms. The van der Waals surface area contributed by atoms with Crippen molar-refractivity contribution in [3.63, 3.8) is 0 Å². The van der Waals surface area contributed by atoms with Crippen molar-refractivity contribution in [3.8, 4) is 0 Å². The minimum absolute atomic E-state index is 0.0730. The van der Waals surface area contributed by atoms with Crippen LogP contribution in [0, 0.1) is 11.8 Å². The van der Waals surface area contributed by atoms with Gasteiger partial charge in [-0.05, 0) is 38.2 Å². The first-order chi connectivity index (χ1) is 17.0. The Kier molecular flexibility index (Phi) is 14.1. The van der Waals surface area contributed by atoms with Crippen molar-refractivity contribution in [3.05, 3.63) is 35.9 Å². The summed E-state index contributed by atoms with van der Waals surface area (Å²) in [5, 5.41) is 5.30. The number of amides is 2. The van der Waals surface area contributed by atoms with E-state index < -0.39 is 23.8 Å². The summed E-state index contributed by atoms with van der Waals surface area (Å²) in [5.74, 6) is -2.45. The maximum absolute atomic E-state index is 13.2. The van der Waals surface area contributed by atoms with Crippen LogP contribution in [-0.4, -0.2) is 60.7 Å². The second kappa shape index (κ2) is 16.5. The molecule has 2 amide bonds. The molecular formula is C27H38N2O7. The molecule has 0 saturated heterocycles. The smallest absolute Gasteiger partial charge is 0.224 e. The van der Waals surface area contributed by atoms with Crippen LogP contribution in [0.15, 0.2) is 30.3 Å². The number of Topliss-reactive ketones (excluding diaryl/α,β-unsaturated/α-hetero) is 4. The van der Waals surface area contributed by atoms with Gasteiger partial charge in [-0.2, -0.15) is 0 Å². The molecule has 198 valence electrons. The number of hydrogen-bond donors (Lipinski definition) is 2. The predicted molar refractivity (Wildman–Crippen MR) is 134 cm³/mol. The monoisotopic (exact) mass is 502 g/mol. The zero-order chi connectivity index (χ0) is 27.1. The first-order valence-electron chi connectivity index (χ1n) is 12.2. The molecule has 1 rings (SSSR count). The molecule has 0 saturated carbocycles. The molecule has 0 radical (unpaired) electrons. The van der Waals surface area contributed by atoms with Gasteiger partial charge < -0.3 is 15.4 Å². The van der Waals surface area contributed by atoms with Crippen molar-refractivity contribution in [1.29, 1.82) is 0 Å². The largest absolute Gasteiger partial charge is 0.366 e. The Bertz CT molecular complexity index is 912. The Balaban J connectivity index is 2.81. The first-order valence-corrected chi connectivity index (χ1v) is 12.2. The minimum Gasteiger partial charge on any atom is -0.366 e. The van der Waals surface area contributed by atoms with Crippen LogP contribution in [0.1, 0.15) is 58.9 Å². The van der Waals surface area contributed by atoms with Crippen molar-refractivity contribution in [1.82, 2.24) is 10.6 Å². The molecule has 2 N–H and O–H groups in total. The molecule has 9 heteroatoms. The van der Waals surface area contributed by atoms with E-state index in [4.69, 9.17) is 4.74 Å². The van der Waals surface area contributed by atoms with E-state index in [1.165, 1.54) is 13.8 Å². The van der Waals surface area contributed by atoms with Crippen molar-refractivity contribution in [2.45, 2.75) is 65.8 Å². The average Bonchev–Trinajstić information content (AvgIpc) is 2.80. The van der Waals surface area contributed by atoms with Gasteiger partial charge >= 0.3 is 0 Å². The first kappa shape index (κ1) is 30.8. The van der Waals surface area contributed by atoms with Crippen LogP contribution >= 0.6 is 0 Å². The zero-order valence-electron chi connectivity index (χ0n) is 21.6. The molecule has 9 nitrogen and oxygen atoms in total. The zero-order valence-corrected chi connectivity index (χ0v) is 21.6. The second-order valence-corrected chi connectivity index (χ2v) is 9.46. The van der Waals surface area contributed by atoms with E-state index in [0.717, 1.165) is 5.56 Å². The Morgan fingerprint density at radius 1 is 0.889 bits per heavy atom. The van der Waals surface area contributed by atoms with Crippen LogP contribution in [0.4, 0.5) is 0 Å². The third-order valence-corrected chi connectivity index (χ3v) is 5.29. The van der Waals surface area contributed by atoms with Gasteiger partial charge in [-0.15, -0.1) is 0 Å². The summed E-state index contributed by atoms with van der Waals surface area (Å²) in [4.78, 5) is 72.6. The fraction of sp³-hybridized carbons (Fsp3) is 0.556. The van der Waals surface area contributed by atoms with Crippen LogP contribution in [0.5, 0.6) is 0 Å². The van der Waals surface area contributed by atoms with Crippen LogP contribution in [0.3, 0.4) is 0 Å². The summed E-state index contributed by atoms with van der Waals surface area (Å²) in [5.41, 5.74) is 0.878. The summed E-state index contributed by atoms with van der Waals surface area (Å²) in [7, 11) is 0. The quantitative estimate of drug-likeness (QED) is 0.313. The Hall–Kier alpha value is -3.20. The highest BCUT2D eigenvalue weighted by atomic mass is 16.5. The number of ketones is 4. The number of carbonyl (C=O) groups is 6. The summed E-state index contributed by atoms with van der Waals surface area (Å²) in [6, 6.07) is 8.46. The Labute approximate surface area is 212 Å². The summed E-state index contributed by atoms with van der Waals surface area (Å²) >= 11 is 0. The van der Waals surface area contributed by atoms with E-state index in [-0.39, 0.29) is 68.1 Å². The van der Waals surface area contributed by atoms with Gasteiger partial charge in [0.2, 0.25) is 11.8 Å².